The number of furan rings is 1. The molecule has 3 N–H and O–H groups in total. The molecule has 1 fully saturated rings. The Labute approximate surface area is 214 Å². The van der Waals surface area contributed by atoms with E-state index in [2.05, 4.69) is 6.07 Å². The van der Waals surface area contributed by atoms with E-state index in [0.717, 1.165) is 36.0 Å². The van der Waals surface area contributed by atoms with Crippen LogP contribution in [-0.2, 0) is 16.0 Å². The zero-order valence-electron chi connectivity index (χ0n) is 21.3. The molecule has 6 heteroatoms. The number of unbranched alkanes of at least 4 members (excludes halogenated alkanes) is 1. The van der Waals surface area contributed by atoms with Crippen molar-refractivity contribution in [2.24, 2.45) is 11.8 Å². The second-order valence-electron chi connectivity index (χ2n) is 9.95. The monoisotopic (exact) mass is 496 g/mol. The molecule has 1 aliphatic rings. The van der Waals surface area contributed by atoms with Gasteiger partial charge < -0.3 is 24.5 Å². The van der Waals surface area contributed by atoms with Crippen molar-refractivity contribution in [3.63, 3.8) is 0 Å². The molecule has 2 aromatic rings. The van der Waals surface area contributed by atoms with Crippen molar-refractivity contribution in [2.75, 3.05) is 0 Å². The number of allylic oxidation sites excluding steroid dienone is 2. The van der Waals surface area contributed by atoms with E-state index in [0.29, 0.717) is 25.7 Å². The Kier molecular flexibility index (Phi) is 11.0. The number of aryl methyl sites for hydroxylation is 1. The van der Waals surface area contributed by atoms with Crippen LogP contribution in [0.15, 0.2) is 71.6 Å². The van der Waals surface area contributed by atoms with Gasteiger partial charge in [0, 0.05) is 24.3 Å². The van der Waals surface area contributed by atoms with Crippen molar-refractivity contribution >= 4 is 5.97 Å². The lowest BCUT2D eigenvalue weighted by Gasteiger charge is -2.19. The zero-order chi connectivity index (χ0) is 25.9. The van der Waals surface area contributed by atoms with Gasteiger partial charge >= 0.3 is 5.97 Å². The van der Waals surface area contributed by atoms with Crippen molar-refractivity contribution < 1.29 is 29.3 Å². The molecule has 0 bridgehead atoms. The molecule has 1 heterocycles. The lowest BCUT2D eigenvalue weighted by Crippen LogP contribution is -2.20. The number of aliphatic hydroxyl groups is 3. The quantitative estimate of drug-likeness (QED) is 0.200. The predicted octanol–water partition coefficient (Wildman–Crippen LogP) is 5.22. The van der Waals surface area contributed by atoms with Crippen LogP contribution >= 0.6 is 0 Å². The summed E-state index contributed by atoms with van der Waals surface area (Å²) in [4.78, 5) is 11.6. The number of esters is 1. The molecule has 1 aliphatic carbocycles. The number of ether oxygens (including phenoxy) is 1. The average Bonchev–Trinajstić information content (AvgIpc) is 3.46. The molecule has 3 rings (SSSR count). The molecule has 1 aromatic carbocycles. The van der Waals surface area contributed by atoms with Gasteiger partial charge in [0.25, 0.3) is 0 Å². The fourth-order valence-corrected chi connectivity index (χ4v) is 4.77. The van der Waals surface area contributed by atoms with Crippen LogP contribution in [0.5, 0.6) is 0 Å². The number of hydrogen-bond donors (Lipinski definition) is 3. The van der Waals surface area contributed by atoms with Gasteiger partial charge in [-0.1, -0.05) is 48.6 Å². The van der Waals surface area contributed by atoms with Gasteiger partial charge in [-0.05, 0) is 69.1 Å². The molecule has 5 atom stereocenters. The van der Waals surface area contributed by atoms with Crippen molar-refractivity contribution in [1.29, 1.82) is 0 Å². The summed E-state index contributed by atoms with van der Waals surface area (Å²) in [6.07, 6.45) is 13.3. The third-order valence-electron chi connectivity index (χ3n) is 6.68. The first-order valence-electron chi connectivity index (χ1n) is 13.0. The van der Waals surface area contributed by atoms with Gasteiger partial charge in [-0.2, -0.15) is 0 Å². The molecule has 0 unspecified atom stereocenters. The van der Waals surface area contributed by atoms with Crippen LogP contribution in [0.3, 0.4) is 0 Å². The summed E-state index contributed by atoms with van der Waals surface area (Å²) in [7, 11) is 0. The number of carbonyl (C=O) groups is 1. The zero-order valence-corrected chi connectivity index (χ0v) is 21.3. The summed E-state index contributed by atoms with van der Waals surface area (Å²) < 4.78 is 10.3. The number of aliphatic hydroxyl groups excluding tert-OH is 3. The van der Waals surface area contributed by atoms with Gasteiger partial charge in [-0.15, -0.1) is 0 Å². The number of rotatable bonds is 13. The van der Waals surface area contributed by atoms with Gasteiger partial charge in [-0.3, -0.25) is 4.79 Å². The molecule has 0 aliphatic heterocycles. The Morgan fingerprint density at radius 3 is 2.75 bits per heavy atom. The molecule has 36 heavy (non-hydrogen) atoms. The summed E-state index contributed by atoms with van der Waals surface area (Å²) >= 11 is 0. The first-order valence-corrected chi connectivity index (χ1v) is 13.0. The molecular weight excluding hydrogens is 456 g/mol. The minimum absolute atomic E-state index is 0.0920. The van der Waals surface area contributed by atoms with Crippen LogP contribution in [0.1, 0.15) is 57.9 Å². The summed E-state index contributed by atoms with van der Waals surface area (Å²) in [6.45, 7) is 3.68. The third kappa shape index (κ3) is 8.77. The molecule has 1 saturated carbocycles. The number of benzene rings is 1. The molecule has 0 saturated heterocycles. The highest BCUT2D eigenvalue weighted by atomic mass is 16.5. The van der Waals surface area contributed by atoms with E-state index < -0.39 is 18.3 Å². The Bertz CT molecular complexity index is 977. The van der Waals surface area contributed by atoms with Gasteiger partial charge in [0.2, 0.25) is 0 Å². The van der Waals surface area contributed by atoms with Gasteiger partial charge in [-0.25, -0.2) is 0 Å². The highest BCUT2D eigenvalue weighted by Gasteiger charge is 2.39. The van der Waals surface area contributed by atoms with Crippen molar-refractivity contribution in [3.05, 3.63) is 72.7 Å². The Hall–Kier alpha value is -2.67. The highest BCUT2D eigenvalue weighted by Crippen LogP contribution is 2.36. The fourth-order valence-electron chi connectivity index (χ4n) is 4.77. The normalized spacial score (nSPS) is 23.2. The smallest absolute Gasteiger partial charge is 0.306 e. The van der Waals surface area contributed by atoms with E-state index in [-0.39, 0.29) is 23.9 Å². The highest BCUT2D eigenvalue weighted by molar-refractivity contribution is 5.69. The molecule has 1 aromatic heterocycles. The summed E-state index contributed by atoms with van der Waals surface area (Å²) in [5.74, 6) is -0.482. The van der Waals surface area contributed by atoms with Crippen LogP contribution < -0.4 is 0 Å². The standard InChI is InChI=1S/C30H40O6/c1-21(2)36-30(34)11-6-4-3-5-10-26-27(29(33)19-28(26)32)15-14-25(31)13-12-22-8-7-9-23(18-22)24-16-17-35-20-24/h3,5,7-9,14-18,20-21,25-29,31-33H,4,6,10-13,19H2,1-2H3/b5-3-,15-14+/t25-,26-,27-,28+,29-/m1/s1. The molecule has 0 radical (unpaired) electrons. The molecule has 6 nitrogen and oxygen atoms in total. The fraction of sp³-hybridized carbons (Fsp3) is 0.500. The lowest BCUT2D eigenvalue weighted by atomic mass is 9.89. The molecule has 0 amide bonds. The number of carbonyl (C=O) groups excluding carboxylic acids is 1. The molecule has 0 spiro atoms. The number of hydrogen-bond acceptors (Lipinski definition) is 6. The van der Waals surface area contributed by atoms with Gasteiger partial charge in [0.05, 0.1) is 36.9 Å². The van der Waals surface area contributed by atoms with Crippen molar-refractivity contribution in [3.8, 4) is 11.1 Å². The maximum Gasteiger partial charge on any atom is 0.306 e. The van der Waals surface area contributed by atoms with Crippen molar-refractivity contribution in [1.82, 2.24) is 0 Å². The topological polar surface area (TPSA) is 100 Å². The largest absolute Gasteiger partial charge is 0.472 e. The Morgan fingerprint density at radius 2 is 2.00 bits per heavy atom. The van der Waals surface area contributed by atoms with E-state index in [4.69, 9.17) is 9.15 Å². The van der Waals surface area contributed by atoms with E-state index in [1.54, 1.807) is 18.6 Å². The average molecular weight is 497 g/mol. The second-order valence-corrected chi connectivity index (χ2v) is 9.95. The van der Waals surface area contributed by atoms with E-state index in [1.807, 2.05) is 56.3 Å². The second kappa shape index (κ2) is 14.2. The summed E-state index contributed by atoms with van der Waals surface area (Å²) in [5.41, 5.74) is 3.25. The van der Waals surface area contributed by atoms with Crippen LogP contribution in [0, 0.1) is 11.8 Å². The Morgan fingerprint density at radius 1 is 1.17 bits per heavy atom. The Balaban J connectivity index is 1.45. The van der Waals surface area contributed by atoms with E-state index in [1.165, 1.54) is 0 Å². The summed E-state index contributed by atoms with van der Waals surface area (Å²) in [6, 6.07) is 10.1. The third-order valence-corrected chi connectivity index (χ3v) is 6.68. The minimum atomic E-state index is -0.630. The predicted molar refractivity (Wildman–Crippen MR) is 140 cm³/mol. The van der Waals surface area contributed by atoms with Gasteiger partial charge in [0.1, 0.15) is 0 Å². The van der Waals surface area contributed by atoms with Crippen LogP contribution in [0.2, 0.25) is 0 Å². The summed E-state index contributed by atoms with van der Waals surface area (Å²) in [5, 5.41) is 31.5. The minimum Gasteiger partial charge on any atom is -0.472 e. The van der Waals surface area contributed by atoms with Gasteiger partial charge in [0.15, 0.2) is 0 Å². The maximum atomic E-state index is 11.6. The molecular formula is C30H40O6. The van der Waals surface area contributed by atoms with Crippen LogP contribution in [-0.4, -0.2) is 45.7 Å². The molecule has 196 valence electrons. The lowest BCUT2D eigenvalue weighted by molar-refractivity contribution is -0.147. The van der Waals surface area contributed by atoms with Crippen molar-refractivity contribution in [2.45, 2.75) is 83.2 Å². The van der Waals surface area contributed by atoms with E-state index >= 15 is 0 Å². The van der Waals surface area contributed by atoms with Crippen LogP contribution in [0.25, 0.3) is 11.1 Å². The SMILES string of the molecule is CC(C)OC(=O)CCC/C=C\C[C@@H]1[C@@H](/C=C/[C@H](O)CCc2cccc(-c3ccoc3)c2)[C@H](O)C[C@@H]1O. The first kappa shape index (κ1) is 27.9. The van der Waals surface area contributed by atoms with E-state index in [9.17, 15) is 20.1 Å². The van der Waals surface area contributed by atoms with Crippen LogP contribution in [0.4, 0.5) is 0 Å². The first-order chi connectivity index (χ1) is 17.3. The maximum absolute atomic E-state index is 11.6.